The number of hydrogen-bond acceptors (Lipinski definition) is 3. The van der Waals surface area contributed by atoms with Crippen molar-refractivity contribution in [2.24, 2.45) is 0 Å². The Morgan fingerprint density at radius 3 is 2.24 bits per heavy atom. The number of fused-ring (bicyclic) bond motifs is 1. The lowest BCUT2D eigenvalue weighted by Gasteiger charge is -2.27. The van der Waals surface area contributed by atoms with Crippen molar-refractivity contribution in [3.05, 3.63) is 106 Å². The van der Waals surface area contributed by atoms with Gasteiger partial charge in [0.25, 0.3) is 5.91 Å². The summed E-state index contributed by atoms with van der Waals surface area (Å²) >= 11 is 1.70. The summed E-state index contributed by atoms with van der Waals surface area (Å²) in [6, 6.07) is 27.9. The molecule has 1 heterocycles. The van der Waals surface area contributed by atoms with Gasteiger partial charge in [-0.05, 0) is 53.9 Å². The van der Waals surface area contributed by atoms with Crippen LogP contribution in [0.25, 0.3) is 10.8 Å². The molecule has 0 N–H and O–H groups in total. The zero-order chi connectivity index (χ0) is 23.9. The number of thiophene rings is 1. The molecule has 0 fully saturated rings. The molecule has 34 heavy (non-hydrogen) atoms. The predicted octanol–water partition coefficient (Wildman–Crippen LogP) is 6.29. The van der Waals surface area contributed by atoms with Gasteiger partial charge in [0, 0.05) is 28.4 Å². The van der Waals surface area contributed by atoms with Crippen LogP contribution in [-0.4, -0.2) is 34.7 Å². The second-order valence-corrected chi connectivity index (χ2v) is 9.91. The van der Waals surface area contributed by atoms with Crippen LogP contribution in [0, 0.1) is 6.92 Å². The molecule has 4 aromatic rings. The third-order valence-electron chi connectivity index (χ3n) is 5.81. The third-order valence-corrected chi connectivity index (χ3v) is 6.80. The summed E-state index contributed by atoms with van der Waals surface area (Å²) in [6.07, 6.45) is 0.787. The Morgan fingerprint density at radius 1 is 0.794 bits per heavy atom. The van der Waals surface area contributed by atoms with Crippen LogP contribution >= 0.6 is 11.3 Å². The van der Waals surface area contributed by atoms with Gasteiger partial charge < -0.3 is 9.80 Å². The van der Waals surface area contributed by atoms with Gasteiger partial charge in [-0.15, -0.1) is 11.3 Å². The predicted molar refractivity (Wildman–Crippen MR) is 140 cm³/mol. The van der Waals surface area contributed by atoms with Gasteiger partial charge in [0.1, 0.15) is 6.54 Å². The molecular formula is C29H30N2O2S. The van der Waals surface area contributed by atoms with Crippen LogP contribution in [0.2, 0.25) is 0 Å². The molecule has 174 valence electrons. The van der Waals surface area contributed by atoms with Crippen LogP contribution in [0.3, 0.4) is 0 Å². The first kappa shape index (κ1) is 23.7. The number of amides is 2. The largest absolute Gasteiger partial charge is 0.332 e. The molecule has 0 spiro atoms. The van der Waals surface area contributed by atoms with Gasteiger partial charge >= 0.3 is 0 Å². The lowest BCUT2D eigenvalue weighted by Crippen LogP contribution is -2.42. The molecule has 0 aliphatic carbocycles. The van der Waals surface area contributed by atoms with Gasteiger partial charge in [0.2, 0.25) is 5.91 Å². The fraction of sp³-hybridized carbons (Fsp3) is 0.241. The summed E-state index contributed by atoms with van der Waals surface area (Å²) in [5, 5.41) is 2.12. The SMILES string of the molecule is CCCN(CC(=O)N(Cc1ccccc1)Cc1ccc(C)s1)C(=O)c1ccc2ccccc2c1. The van der Waals surface area contributed by atoms with Crippen LogP contribution in [-0.2, 0) is 17.9 Å². The van der Waals surface area contributed by atoms with E-state index in [0.717, 1.165) is 27.6 Å². The third kappa shape index (κ3) is 5.91. The smallest absolute Gasteiger partial charge is 0.254 e. The minimum Gasteiger partial charge on any atom is -0.332 e. The maximum absolute atomic E-state index is 13.5. The van der Waals surface area contributed by atoms with E-state index in [4.69, 9.17) is 0 Å². The molecular weight excluding hydrogens is 440 g/mol. The van der Waals surface area contributed by atoms with Gasteiger partial charge in [-0.25, -0.2) is 0 Å². The van der Waals surface area contributed by atoms with Gasteiger partial charge in [0.15, 0.2) is 0 Å². The molecule has 5 heteroatoms. The highest BCUT2D eigenvalue weighted by molar-refractivity contribution is 7.11. The number of rotatable bonds is 9. The number of carbonyl (C=O) groups is 2. The maximum atomic E-state index is 13.5. The van der Waals surface area contributed by atoms with E-state index in [0.29, 0.717) is 25.2 Å². The van der Waals surface area contributed by atoms with E-state index in [1.165, 1.54) is 4.88 Å². The maximum Gasteiger partial charge on any atom is 0.254 e. The van der Waals surface area contributed by atoms with E-state index in [1.807, 2.05) is 84.6 Å². The fourth-order valence-corrected chi connectivity index (χ4v) is 4.99. The second-order valence-electron chi connectivity index (χ2n) is 8.54. The van der Waals surface area contributed by atoms with Gasteiger partial charge in [0.05, 0.1) is 6.54 Å². The topological polar surface area (TPSA) is 40.6 Å². The summed E-state index contributed by atoms with van der Waals surface area (Å²) in [5.41, 5.74) is 1.69. The van der Waals surface area contributed by atoms with Crippen molar-refractivity contribution in [2.45, 2.75) is 33.4 Å². The monoisotopic (exact) mass is 470 g/mol. The fourth-order valence-electron chi connectivity index (χ4n) is 4.08. The molecule has 0 aliphatic heterocycles. The lowest BCUT2D eigenvalue weighted by atomic mass is 10.1. The Morgan fingerprint density at radius 2 is 1.53 bits per heavy atom. The first-order valence-electron chi connectivity index (χ1n) is 11.7. The quantitative estimate of drug-likeness (QED) is 0.288. The lowest BCUT2D eigenvalue weighted by molar-refractivity contribution is -0.133. The number of benzene rings is 3. The Kier molecular flexibility index (Phi) is 7.76. The molecule has 4 rings (SSSR count). The van der Waals surface area contributed by atoms with Crippen molar-refractivity contribution < 1.29 is 9.59 Å². The normalized spacial score (nSPS) is 10.9. The molecule has 0 unspecified atom stereocenters. The Bertz CT molecular complexity index is 1270. The molecule has 0 radical (unpaired) electrons. The molecule has 0 saturated heterocycles. The minimum atomic E-state index is -0.104. The van der Waals surface area contributed by atoms with E-state index in [-0.39, 0.29) is 18.4 Å². The molecule has 4 nitrogen and oxygen atoms in total. The number of nitrogens with zero attached hydrogens (tertiary/aromatic N) is 2. The summed E-state index contributed by atoms with van der Waals surface area (Å²) in [6.45, 7) is 5.76. The molecule has 0 atom stereocenters. The highest BCUT2D eigenvalue weighted by Crippen LogP contribution is 2.20. The van der Waals surface area contributed by atoms with Crippen LogP contribution in [0.15, 0.2) is 84.9 Å². The molecule has 0 saturated carbocycles. The first-order valence-corrected chi connectivity index (χ1v) is 12.5. The molecule has 2 amide bonds. The van der Waals surface area contributed by atoms with E-state index in [1.54, 1.807) is 16.2 Å². The van der Waals surface area contributed by atoms with Crippen molar-refractivity contribution in [3.63, 3.8) is 0 Å². The van der Waals surface area contributed by atoms with E-state index in [2.05, 4.69) is 19.1 Å². The number of carbonyl (C=O) groups excluding carboxylic acids is 2. The van der Waals surface area contributed by atoms with Crippen molar-refractivity contribution in [2.75, 3.05) is 13.1 Å². The summed E-state index contributed by atoms with van der Waals surface area (Å²) in [4.78, 5) is 32.9. The molecule has 3 aromatic carbocycles. The molecule has 1 aromatic heterocycles. The van der Waals surface area contributed by atoms with Crippen LogP contribution in [0.1, 0.15) is 39.0 Å². The summed E-state index contributed by atoms with van der Waals surface area (Å²) in [7, 11) is 0. The van der Waals surface area contributed by atoms with Crippen molar-refractivity contribution in [1.82, 2.24) is 9.80 Å². The Hall–Kier alpha value is -3.44. The van der Waals surface area contributed by atoms with E-state index in [9.17, 15) is 9.59 Å². The van der Waals surface area contributed by atoms with Crippen LogP contribution in [0.4, 0.5) is 0 Å². The number of hydrogen-bond donors (Lipinski definition) is 0. The van der Waals surface area contributed by atoms with Crippen molar-refractivity contribution >= 4 is 33.9 Å². The minimum absolute atomic E-state index is 0.0440. The van der Waals surface area contributed by atoms with E-state index >= 15 is 0 Å². The zero-order valence-corrected chi connectivity index (χ0v) is 20.6. The van der Waals surface area contributed by atoms with Gasteiger partial charge in [-0.2, -0.15) is 0 Å². The van der Waals surface area contributed by atoms with Crippen molar-refractivity contribution in [1.29, 1.82) is 0 Å². The standard InChI is InChI=1S/C29H30N2O2S/c1-3-17-30(29(33)26-15-14-24-11-7-8-12-25(24)18-26)21-28(32)31(19-23-9-5-4-6-10-23)20-27-16-13-22(2)34-27/h4-16,18H,3,17,19-21H2,1-2H3. The molecule has 0 bridgehead atoms. The average Bonchev–Trinajstić information content (AvgIpc) is 3.27. The van der Waals surface area contributed by atoms with Crippen LogP contribution < -0.4 is 0 Å². The molecule has 0 aliphatic rings. The van der Waals surface area contributed by atoms with Gasteiger partial charge in [-0.1, -0.05) is 67.6 Å². The van der Waals surface area contributed by atoms with E-state index < -0.39 is 0 Å². The second kappa shape index (κ2) is 11.1. The highest BCUT2D eigenvalue weighted by Gasteiger charge is 2.23. The van der Waals surface area contributed by atoms with Crippen molar-refractivity contribution in [3.8, 4) is 0 Å². The van der Waals surface area contributed by atoms with Gasteiger partial charge in [-0.3, -0.25) is 9.59 Å². The van der Waals surface area contributed by atoms with Crippen LogP contribution in [0.5, 0.6) is 0 Å². The summed E-state index contributed by atoms with van der Waals surface area (Å²) < 4.78 is 0. The first-order chi connectivity index (χ1) is 16.5. The number of aryl methyl sites for hydroxylation is 1. The Balaban J connectivity index is 1.55. The highest BCUT2D eigenvalue weighted by atomic mass is 32.1. The zero-order valence-electron chi connectivity index (χ0n) is 19.7. The summed E-state index contributed by atoms with van der Waals surface area (Å²) in [5.74, 6) is -0.148. The Labute approximate surface area is 205 Å². The average molecular weight is 471 g/mol.